The van der Waals surface area contributed by atoms with Gasteiger partial charge in [0.2, 0.25) is 17.5 Å². The molecule has 0 spiro atoms. The highest BCUT2D eigenvalue weighted by Gasteiger charge is 2.32. The first-order valence-electron chi connectivity index (χ1n) is 9.69. The van der Waals surface area contributed by atoms with Gasteiger partial charge in [0.15, 0.2) is 5.76 Å². The van der Waals surface area contributed by atoms with Crippen LogP contribution < -0.4 is 15.0 Å². The summed E-state index contributed by atoms with van der Waals surface area (Å²) in [5.41, 5.74) is 0.338. The summed E-state index contributed by atoms with van der Waals surface area (Å²) in [6.07, 6.45) is -2.41. The van der Waals surface area contributed by atoms with E-state index in [1.54, 1.807) is 12.1 Å². The molecule has 2 aromatic heterocycles. The first-order valence-corrected chi connectivity index (χ1v) is 9.69. The van der Waals surface area contributed by atoms with Crippen molar-refractivity contribution in [3.05, 3.63) is 48.4 Å². The van der Waals surface area contributed by atoms with Crippen molar-refractivity contribution in [3.8, 4) is 23.5 Å². The van der Waals surface area contributed by atoms with Gasteiger partial charge in [-0.2, -0.15) is 10.2 Å². The fourth-order valence-corrected chi connectivity index (χ4v) is 3.46. The zero-order valence-electron chi connectivity index (χ0n) is 16.6. The molecule has 4 rings (SSSR count). The summed E-state index contributed by atoms with van der Waals surface area (Å²) in [4.78, 5) is 18.6. The molecule has 0 unspecified atom stereocenters. The number of oxazole rings is 1. The minimum absolute atomic E-state index is 0.126. The molecule has 1 aliphatic heterocycles. The summed E-state index contributed by atoms with van der Waals surface area (Å²) in [6.45, 7) is 0.882. The summed E-state index contributed by atoms with van der Waals surface area (Å²) in [5, 5.41) is 12.0. The Labute approximate surface area is 180 Å². The average Bonchev–Trinajstić information content (AvgIpc) is 3.42. The van der Waals surface area contributed by atoms with E-state index in [2.05, 4.69) is 15.0 Å². The molecule has 1 aliphatic rings. The molecule has 3 heterocycles. The van der Waals surface area contributed by atoms with E-state index >= 15 is 0 Å². The number of nitrogens with zero attached hydrogens (tertiary/aromatic N) is 3. The molecular formula is C21H17F3N4O4. The van der Waals surface area contributed by atoms with E-state index in [1.165, 1.54) is 18.4 Å². The summed E-state index contributed by atoms with van der Waals surface area (Å²) in [7, 11) is 0. The van der Waals surface area contributed by atoms with Gasteiger partial charge in [-0.25, -0.2) is 0 Å². The molecule has 0 aliphatic carbocycles. The Hall–Kier alpha value is -3.94. The molecule has 0 atom stereocenters. The predicted octanol–water partition coefficient (Wildman–Crippen LogP) is 4.56. The van der Waals surface area contributed by atoms with Crippen molar-refractivity contribution in [1.82, 2.24) is 4.98 Å². The van der Waals surface area contributed by atoms with Crippen LogP contribution in [0.2, 0.25) is 0 Å². The van der Waals surface area contributed by atoms with E-state index in [4.69, 9.17) is 8.83 Å². The van der Waals surface area contributed by atoms with Crippen molar-refractivity contribution in [1.29, 1.82) is 5.26 Å². The Morgan fingerprint density at radius 2 is 2.03 bits per heavy atom. The first kappa shape index (κ1) is 21.3. The normalized spacial score (nSPS) is 14.8. The number of anilines is 2. The maximum Gasteiger partial charge on any atom is 0.573 e. The van der Waals surface area contributed by atoms with Crippen LogP contribution in [0.15, 0.2) is 51.5 Å². The van der Waals surface area contributed by atoms with Crippen LogP contribution in [0.5, 0.6) is 5.75 Å². The lowest BCUT2D eigenvalue weighted by molar-refractivity contribution is -0.274. The van der Waals surface area contributed by atoms with E-state index in [0.29, 0.717) is 37.6 Å². The standard InChI is InChI=1S/C21H17F3N4O4/c22-21(23,24)32-15-4-1-3-14(11-15)26-18(29)13-6-8-28(9-7-13)20-16(12-25)27-19(31-20)17-5-2-10-30-17/h1-5,10-11,13H,6-9H2,(H,26,29). The maximum atomic E-state index is 12.6. The Morgan fingerprint density at radius 1 is 1.25 bits per heavy atom. The second-order valence-electron chi connectivity index (χ2n) is 7.09. The number of carbonyl (C=O) groups excluding carboxylic acids is 1. The third kappa shape index (κ3) is 4.85. The average molecular weight is 446 g/mol. The van der Waals surface area contributed by atoms with Crippen molar-refractivity contribution in [2.45, 2.75) is 19.2 Å². The molecule has 1 amide bonds. The van der Waals surface area contributed by atoms with Gasteiger partial charge in [-0.15, -0.1) is 13.2 Å². The summed E-state index contributed by atoms with van der Waals surface area (Å²) < 4.78 is 52.0. The van der Waals surface area contributed by atoms with Gasteiger partial charge in [-0.1, -0.05) is 6.07 Å². The van der Waals surface area contributed by atoms with Gasteiger partial charge >= 0.3 is 6.36 Å². The van der Waals surface area contributed by atoms with Crippen LogP contribution in [0.1, 0.15) is 18.5 Å². The Kier molecular flexibility index (Phi) is 5.77. The van der Waals surface area contributed by atoms with Crippen LogP contribution in [-0.4, -0.2) is 30.3 Å². The molecule has 0 bridgehead atoms. The van der Waals surface area contributed by atoms with Crippen molar-refractivity contribution < 1.29 is 31.5 Å². The minimum atomic E-state index is -4.81. The van der Waals surface area contributed by atoms with Crippen LogP contribution in [0.3, 0.4) is 0 Å². The van der Waals surface area contributed by atoms with Gasteiger partial charge in [-0.05, 0) is 37.1 Å². The van der Waals surface area contributed by atoms with Crippen LogP contribution in [0.25, 0.3) is 11.7 Å². The Balaban J connectivity index is 1.38. The lowest BCUT2D eigenvalue weighted by Crippen LogP contribution is -2.38. The molecule has 1 aromatic carbocycles. The maximum absolute atomic E-state index is 12.6. The van der Waals surface area contributed by atoms with E-state index in [1.807, 2.05) is 11.0 Å². The third-order valence-electron chi connectivity index (χ3n) is 4.94. The van der Waals surface area contributed by atoms with Crippen molar-refractivity contribution in [3.63, 3.8) is 0 Å². The van der Waals surface area contributed by atoms with Crippen LogP contribution >= 0.6 is 0 Å². The smallest absolute Gasteiger partial charge is 0.459 e. The number of hydrogen-bond acceptors (Lipinski definition) is 7. The number of carbonyl (C=O) groups is 1. The minimum Gasteiger partial charge on any atom is -0.459 e. The number of ether oxygens (including phenoxy) is 1. The van der Waals surface area contributed by atoms with E-state index < -0.39 is 12.1 Å². The van der Waals surface area contributed by atoms with Gasteiger partial charge in [0.05, 0.1) is 6.26 Å². The molecule has 3 aromatic rings. The molecule has 0 saturated carbocycles. The molecule has 166 valence electrons. The summed E-state index contributed by atoms with van der Waals surface area (Å²) >= 11 is 0. The predicted molar refractivity (Wildman–Crippen MR) is 106 cm³/mol. The largest absolute Gasteiger partial charge is 0.573 e. The van der Waals surface area contributed by atoms with E-state index in [9.17, 15) is 23.2 Å². The van der Waals surface area contributed by atoms with Gasteiger partial charge in [0.1, 0.15) is 11.8 Å². The molecule has 1 saturated heterocycles. The zero-order valence-corrected chi connectivity index (χ0v) is 16.6. The van der Waals surface area contributed by atoms with E-state index in [-0.39, 0.29) is 29.1 Å². The first-order chi connectivity index (χ1) is 15.3. The summed E-state index contributed by atoms with van der Waals surface area (Å²) in [5.74, 6) is -0.151. The number of furan rings is 1. The number of alkyl halides is 3. The van der Waals surface area contributed by atoms with Gasteiger partial charge in [-0.3, -0.25) is 4.79 Å². The highest BCUT2D eigenvalue weighted by Crippen LogP contribution is 2.32. The highest BCUT2D eigenvalue weighted by molar-refractivity contribution is 5.92. The number of nitriles is 1. The second kappa shape index (κ2) is 8.66. The molecular weight excluding hydrogens is 429 g/mol. The molecule has 8 nitrogen and oxygen atoms in total. The lowest BCUT2D eigenvalue weighted by atomic mass is 9.96. The van der Waals surface area contributed by atoms with Gasteiger partial charge < -0.3 is 23.8 Å². The SMILES string of the molecule is N#Cc1nc(-c2ccco2)oc1N1CCC(C(=O)Nc2cccc(OC(F)(F)F)c2)CC1. The lowest BCUT2D eigenvalue weighted by Gasteiger charge is -2.31. The fourth-order valence-electron chi connectivity index (χ4n) is 3.46. The van der Waals surface area contributed by atoms with Crippen LogP contribution in [-0.2, 0) is 4.79 Å². The third-order valence-corrected chi connectivity index (χ3v) is 4.94. The van der Waals surface area contributed by atoms with Crippen molar-refractivity contribution >= 4 is 17.5 Å². The molecule has 0 radical (unpaired) electrons. The quantitative estimate of drug-likeness (QED) is 0.613. The second-order valence-corrected chi connectivity index (χ2v) is 7.09. The molecule has 32 heavy (non-hydrogen) atoms. The molecule has 1 N–H and O–H groups in total. The number of nitrogens with one attached hydrogen (secondary N) is 1. The monoisotopic (exact) mass is 446 g/mol. The number of hydrogen-bond donors (Lipinski definition) is 1. The van der Waals surface area contributed by atoms with Gasteiger partial charge in [0.25, 0.3) is 5.89 Å². The van der Waals surface area contributed by atoms with E-state index in [0.717, 1.165) is 12.1 Å². The number of halogens is 3. The number of piperidine rings is 1. The fraction of sp³-hybridized carbons (Fsp3) is 0.286. The van der Waals surface area contributed by atoms with Gasteiger partial charge in [0, 0.05) is 30.8 Å². The highest BCUT2D eigenvalue weighted by atomic mass is 19.4. The number of benzene rings is 1. The van der Waals surface area contributed by atoms with Crippen LogP contribution in [0, 0.1) is 17.2 Å². The van der Waals surface area contributed by atoms with Crippen molar-refractivity contribution in [2.75, 3.05) is 23.3 Å². The Bertz CT molecular complexity index is 1130. The molecule has 1 fully saturated rings. The topological polar surface area (TPSA) is 105 Å². The Morgan fingerprint density at radius 3 is 2.69 bits per heavy atom. The van der Waals surface area contributed by atoms with Crippen LogP contribution in [0.4, 0.5) is 24.7 Å². The number of aromatic nitrogens is 1. The molecule has 11 heteroatoms. The zero-order chi connectivity index (χ0) is 22.7. The number of amides is 1. The number of rotatable bonds is 5. The summed E-state index contributed by atoms with van der Waals surface area (Å²) in [6, 6.07) is 10.5. The van der Waals surface area contributed by atoms with Crippen molar-refractivity contribution in [2.24, 2.45) is 5.92 Å².